The third-order valence-electron chi connectivity index (χ3n) is 5.46. The first kappa shape index (κ1) is 19.7. The van der Waals surface area contributed by atoms with Gasteiger partial charge < -0.3 is 15.4 Å². The molecule has 7 heteroatoms. The summed E-state index contributed by atoms with van der Waals surface area (Å²) in [6.45, 7) is 4.07. The van der Waals surface area contributed by atoms with Gasteiger partial charge in [0.1, 0.15) is 0 Å². The molecule has 1 heterocycles. The van der Waals surface area contributed by atoms with Crippen LogP contribution in [0.25, 0.3) is 0 Å². The standard InChI is InChI=1S/C20H26N2O4S/c1-12-4-3-5-15(13(12)2)21-19(24)11-26-20(25)14-6-7-17-16(10-14)22-18(23)8-9-27-17/h6-7,10,12-13,15H,3-5,8-9,11H2,1-2H3,(H,21,24)(H,22,23)/t12-,13-,15-/m1/s1. The van der Waals surface area contributed by atoms with Crippen molar-refractivity contribution in [1.29, 1.82) is 0 Å². The van der Waals surface area contributed by atoms with Crippen molar-refractivity contribution in [3.05, 3.63) is 23.8 Å². The van der Waals surface area contributed by atoms with E-state index in [-0.39, 0.29) is 24.5 Å². The SMILES string of the molecule is C[C@@H]1[C@H](C)CCC[C@H]1NC(=O)COC(=O)c1ccc2c(c1)NC(=O)CCS2. The molecule has 146 valence electrons. The Kier molecular flexibility index (Phi) is 6.42. The number of rotatable bonds is 4. The monoisotopic (exact) mass is 390 g/mol. The molecular formula is C20H26N2O4S. The maximum absolute atomic E-state index is 12.3. The van der Waals surface area contributed by atoms with Gasteiger partial charge in [0, 0.05) is 23.1 Å². The molecule has 1 aromatic rings. The number of thioether (sulfide) groups is 1. The van der Waals surface area contributed by atoms with Gasteiger partial charge in [0.25, 0.3) is 5.91 Å². The average molecular weight is 391 g/mol. The molecule has 0 aromatic heterocycles. The van der Waals surface area contributed by atoms with Gasteiger partial charge in [-0.05, 0) is 36.5 Å². The summed E-state index contributed by atoms with van der Waals surface area (Å²) in [6.07, 6.45) is 3.70. The van der Waals surface area contributed by atoms with E-state index in [1.54, 1.807) is 30.0 Å². The minimum atomic E-state index is -0.568. The van der Waals surface area contributed by atoms with E-state index in [0.29, 0.717) is 35.3 Å². The van der Waals surface area contributed by atoms with Gasteiger partial charge in [0.05, 0.1) is 11.3 Å². The fourth-order valence-electron chi connectivity index (χ4n) is 3.60. The molecule has 0 unspecified atom stereocenters. The number of ether oxygens (including phenoxy) is 1. The van der Waals surface area contributed by atoms with Crippen LogP contribution in [0.4, 0.5) is 5.69 Å². The number of esters is 1. The molecule has 1 aliphatic carbocycles. The fourth-order valence-corrected chi connectivity index (χ4v) is 4.53. The van der Waals surface area contributed by atoms with Crippen molar-refractivity contribution in [2.75, 3.05) is 17.7 Å². The van der Waals surface area contributed by atoms with Crippen molar-refractivity contribution in [3.63, 3.8) is 0 Å². The number of hydrogen-bond acceptors (Lipinski definition) is 5. The average Bonchev–Trinajstić information content (AvgIpc) is 2.83. The van der Waals surface area contributed by atoms with Crippen molar-refractivity contribution in [3.8, 4) is 0 Å². The summed E-state index contributed by atoms with van der Waals surface area (Å²) >= 11 is 1.57. The van der Waals surface area contributed by atoms with Crippen molar-refractivity contribution in [2.24, 2.45) is 11.8 Å². The second-order valence-corrected chi connectivity index (χ2v) is 8.51. The minimum Gasteiger partial charge on any atom is -0.452 e. The van der Waals surface area contributed by atoms with Crippen molar-refractivity contribution in [1.82, 2.24) is 5.32 Å². The summed E-state index contributed by atoms with van der Waals surface area (Å²) in [5.74, 6) is 0.806. The van der Waals surface area contributed by atoms with E-state index < -0.39 is 5.97 Å². The topological polar surface area (TPSA) is 84.5 Å². The van der Waals surface area contributed by atoms with Crippen LogP contribution < -0.4 is 10.6 Å². The fraction of sp³-hybridized carbons (Fsp3) is 0.550. The Morgan fingerprint density at radius 3 is 2.93 bits per heavy atom. The van der Waals surface area contributed by atoms with Crippen LogP contribution in [-0.4, -0.2) is 36.2 Å². The van der Waals surface area contributed by atoms with Gasteiger partial charge in [0.15, 0.2) is 6.61 Å². The summed E-state index contributed by atoms with van der Waals surface area (Å²) in [6, 6.07) is 5.21. The van der Waals surface area contributed by atoms with Crippen molar-refractivity contribution >= 4 is 35.2 Å². The largest absolute Gasteiger partial charge is 0.452 e. The Morgan fingerprint density at radius 2 is 2.11 bits per heavy atom. The number of benzene rings is 1. The molecule has 6 nitrogen and oxygen atoms in total. The zero-order valence-corrected chi connectivity index (χ0v) is 16.6. The quantitative estimate of drug-likeness (QED) is 0.771. The molecule has 1 aliphatic heterocycles. The number of fused-ring (bicyclic) bond motifs is 1. The molecule has 0 saturated heterocycles. The molecule has 0 radical (unpaired) electrons. The first-order chi connectivity index (χ1) is 12.9. The summed E-state index contributed by atoms with van der Waals surface area (Å²) in [5, 5.41) is 5.79. The van der Waals surface area contributed by atoms with E-state index in [2.05, 4.69) is 24.5 Å². The van der Waals surface area contributed by atoms with Crippen LogP contribution in [0.3, 0.4) is 0 Å². The normalized spacial score (nSPS) is 25.0. The molecule has 1 saturated carbocycles. The lowest BCUT2D eigenvalue weighted by Gasteiger charge is -2.34. The van der Waals surface area contributed by atoms with Gasteiger partial charge in [-0.3, -0.25) is 9.59 Å². The Balaban J connectivity index is 1.54. The molecule has 3 atom stereocenters. The molecule has 3 rings (SSSR count). The molecule has 2 aliphatic rings. The molecule has 1 aromatic carbocycles. The molecule has 27 heavy (non-hydrogen) atoms. The Bertz CT molecular complexity index is 737. The zero-order chi connectivity index (χ0) is 19.4. The Labute approximate surface area is 163 Å². The molecular weight excluding hydrogens is 364 g/mol. The van der Waals surface area contributed by atoms with E-state index in [4.69, 9.17) is 4.74 Å². The molecule has 1 fully saturated rings. The molecule has 0 spiro atoms. The third kappa shape index (κ3) is 5.03. The van der Waals surface area contributed by atoms with Gasteiger partial charge in [-0.1, -0.05) is 26.7 Å². The highest BCUT2D eigenvalue weighted by atomic mass is 32.2. The van der Waals surface area contributed by atoms with E-state index in [0.717, 1.165) is 17.7 Å². The maximum atomic E-state index is 12.3. The van der Waals surface area contributed by atoms with Crippen LogP contribution in [-0.2, 0) is 14.3 Å². The lowest BCUT2D eigenvalue weighted by molar-refractivity contribution is -0.125. The van der Waals surface area contributed by atoms with Crippen molar-refractivity contribution < 1.29 is 19.1 Å². The van der Waals surface area contributed by atoms with Crippen LogP contribution in [0, 0.1) is 11.8 Å². The highest BCUT2D eigenvalue weighted by Gasteiger charge is 2.28. The summed E-state index contributed by atoms with van der Waals surface area (Å²) < 4.78 is 5.17. The molecule has 2 amide bonds. The Hall–Kier alpha value is -2.02. The second-order valence-electron chi connectivity index (χ2n) is 7.38. The van der Waals surface area contributed by atoms with Gasteiger partial charge in [-0.15, -0.1) is 11.8 Å². The van der Waals surface area contributed by atoms with E-state index in [1.807, 2.05) is 0 Å². The second kappa shape index (κ2) is 8.78. The lowest BCUT2D eigenvalue weighted by atomic mass is 9.78. The van der Waals surface area contributed by atoms with Crippen LogP contribution >= 0.6 is 11.8 Å². The van der Waals surface area contributed by atoms with Gasteiger partial charge in [-0.2, -0.15) is 0 Å². The molecule has 0 bridgehead atoms. The van der Waals surface area contributed by atoms with Crippen LogP contribution in [0.15, 0.2) is 23.1 Å². The third-order valence-corrected chi connectivity index (χ3v) is 6.54. The van der Waals surface area contributed by atoms with Gasteiger partial charge in [0.2, 0.25) is 5.91 Å². The van der Waals surface area contributed by atoms with Crippen molar-refractivity contribution in [2.45, 2.75) is 50.5 Å². The smallest absolute Gasteiger partial charge is 0.338 e. The zero-order valence-electron chi connectivity index (χ0n) is 15.7. The maximum Gasteiger partial charge on any atom is 0.338 e. The number of hydrogen-bond donors (Lipinski definition) is 2. The number of carbonyl (C=O) groups excluding carboxylic acids is 3. The van der Waals surface area contributed by atoms with Crippen LogP contribution in [0.5, 0.6) is 0 Å². The number of amides is 2. The first-order valence-corrected chi connectivity index (χ1v) is 10.5. The number of anilines is 1. The van der Waals surface area contributed by atoms with Gasteiger partial charge in [-0.25, -0.2) is 4.79 Å². The highest BCUT2D eigenvalue weighted by molar-refractivity contribution is 7.99. The summed E-state index contributed by atoms with van der Waals surface area (Å²) in [7, 11) is 0. The predicted molar refractivity (Wildman–Crippen MR) is 105 cm³/mol. The number of carbonyl (C=O) groups is 3. The van der Waals surface area contributed by atoms with Gasteiger partial charge >= 0.3 is 5.97 Å². The van der Waals surface area contributed by atoms with E-state index in [9.17, 15) is 14.4 Å². The first-order valence-electron chi connectivity index (χ1n) is 9.47. The number of nitrogens with one attached hydrogen (secondary N) is 2. The lowest BCUT2D eigenvalue weighted by Crippen LogP contribution is -2.45. The summed E-state index contributed by atoms with van der Waals surface area (Å²) in [4.78, 5) is 37.1. The summed E-state index contributed by atoms with van der Waals surface area (Å²) in [5.41, 5.74) is 0.940. The minimum absolute atomic E-state index is 0.0676. The highest BCUT2D eigenvalue weighted by Crippen LogP contribution is 2.32. The molecule has 2 N–H and O–H groups in total. The van der Waals surface area contributed by atoms with E-state index >= 15 is 0 Å². The predicted octanol–water partition coefficient (Wildman–Crippen LogP) is 3.22. The Morgan fingerprint density at radius 1 is 1.30 bits per heavy atom. The van der Waals surface area contributed by atoms with E-state index in [1.165, 1.54) is 6.42 Å². The van der Waals surface area contributed by atoms with Crippen LogP contribution in [0.2, 0.25) is 0 Å². The van der Waals surface area contributed by atoms with Crippen LogP contribution in [0.1, 0.15) is 49.9 Å².